The van der Waals surface area contributed by atoms with Crippen LogP contribution in [-0.2, 0) is 14.1 Å². The Bertz CT molecular complexity index is 1180. The molecule has 3 aromatic rings. The summed E-state index contributed by atoms with van der Waals surface area (Å²) in [6.45, 7) is -0.116. The number of aliphatic hydroxyl groups is 1. The van der Waals surface area contributed by atoms with Crippen molar-refractivity contribution in [3.63, 3.8) is 0 Å². The number of aliphatic hydroxyl groups excluding tert-OH is 1. The van der Waals surface area contributed by atoms with Gasteiger partial charge in [0.1, 0.15) is 7.14 Å². The largest absolute Gasteiger partial charge is 0.467 e. The van der Waals surface area contributed by atoms with Crippen molar-refractivity contribution in [2.24, 2.45) is 0 Å². The van der Waals surface area contributed by atoms with Gasteiger partial charge in [-0.25, -0.2) is 4.79 Å². The first kappa shape index (κ1) is 23.6. The van der Waals surface area contributed by atoms with Crippen molar-refractivity contribution in [1.29, 1.82) is 0 Å². The molecule has 34 heavy (non-hydrogen) atoms. The third-order valence-electron chi connectivity index (χ3n) is 6.08. The van der Waals surface area contributed by atoms with Crippen LogP contribution >= 0.6 is 7.14 Å². The highest BCUT2D eigenvalue weighted by atomic mass is 31.2. The maximum atomic E-state index is 14.8. The fraction of sp³-hybridized carbons (Fsp3) is 0.192. The van der Waals surface area contributed by atoms with Gasteiger partial charge in [0.2, 0.25) is 0 Å². The number of methoxy groups -OCH3 is 1. The molecule has 8 heteroatoms. The molecule has 0 spiro atoms. The van der Waals surface area contributed by atoms with E-state index in [4.69, 9.17) is 4.74 Å². The average Bonchev–Trinajstić information content (AvgIpc) is 3.13. The van der Waals surface area contributed by atoms with Crippen LogP contribution < -0.4 is 10.6 Å². The molecule has 2 amide bonds. The van der Waals surface area contributed by atoms with Crippen LogP contribution in [-0.4, -0.2) is 53.2 Å². The van der Waals surface area contributed by atoms with Crippen LogP contribution in [0.25, 0.3) is 0 Å². The quantitative estimate of drug-likeness (QED) is 0.304. The van der Waals surface area contributed by atoms with Crippen molar-refractivity contribution in [2.75, 3.05) is 13.7 Å². The second kappa shape index (κ2) is 9.75. The van der Waals surface area contributed by atoms with Crippen LogP contribution in [0.15, 0.2) is 84.9 Å². The molecule has 4 rings (SSSR count). The van der Waals surface area contributed by atoms with Crippen molar-refractivity contribution < 1.29 is 28.8 Å². The van der Waals surface area contributed by atoms with Crippen molar-refractivity contribution in [2.45, 2.75) is 18.2 Å². The van der Waals surface area contributed by atoms with E-state index in [1.807, 2.05) is 0 Å². The molecule has 0 aliphatic carbocycles. The Morgan fingerprint density at radius 1 is 0.853 bits per heavy atom. The fourth-order valence-electron chi connectivity index (χ4n) is 4.35. The van der Waals surface area contributed by atoms with Crippen molar-refractivity contribution in [3.05, 3.63) is 96.1 Å². The van der Waals surface area contributed by atoms with Crippen LogP contribution in [0.1, 0.15) is 27.1 Å². The van der Waals surface area contributed by atoms with Gasteiger partial charge in [0.25, 0.3) is 11.8 Å². The van der Waals surface area contributed by atoms with E-state index in [-0.39, 0.29) is 13.0 Å². The lowest BCUT2D eigenvalue weighted by molar-refractivity contribution is -0.150. The zero-order valence-corrected chi connectivity index (χ0v) is 19.4. The number of carbonyl (C=O) groups excluding carboxylic acids is 3. The molecule has 0 unspecified atom stereocenters. The van der Waals surface area contributed by atoms with Crippen LogP contribution in [0.2, 0.25) is 0 Å². The highest BCUT2D eigenvalue weighted by Gasteiger charge is 2.45. The molecule has 1 aliphatic rings. The topological polar surface area (TPSA) is 101 Å². The lowest BCUT2D eigenvalue weighted by Gasteiger charge is -2.32. The third-order valence-corrected chi connectivity index (χ3v) is 9.69. The number of amides is 2. The summed E-state index contributed by atoms with van der Waals surface area (Å²) in [6.07, 6.45) is -1.80. The summed E-state index contributed by atoms with van der Waals surface area (Å²) in [5, 5.41) is 11.9. The van der Waals surface area contributed by atoms with Crippen molar-refractivity contribution in [1.82, 2.24) is 4.90 Å². The van der Waals surface area contributed by atoms with E-state index in [1.54, 1.807) is 84.9 Å². The molecule has 1 N–H and O–H groups in total. The van der Waals surface area contributed by atoms with Crippen LogP contribution in [0.5, 0.6) is 0 Å². The molecule has 1 aliphatic heterocycles. The van der Waals surface area contributed by atoms with Crippen molar-refractivity contribution >= 4 is 35.5 Å². The third kappa shape index (κ3) is 4.09. The van der Waals surface area contributed by atoms with Gasteiger partial charge in [-0.2, -0.15) is 0 Å². The summed E-state index contributed by atoms with van der Waals surface area (Å²) in [5.74, 6) is -1.85. The monoisotopic (exact) mass is 477 g/mol. The SMILES string of the molecule is COC(=O)[C@H](O)[C@@H](CCN1C(=O)c2ccccc2C1=O)P(=O)(c1ccccc1)c1ccccc1. The highest BCUT2D eigenvalue weighted by molar-refractivity contribution is 7.79. The second-order valence-corrected chi connectivity index (χ2v) is 11.0. The first-order valence-electron chi connectivity index (χ1n) is 10.8. The molecule has 0 radical (unpaired) electrons. The number of imide groups is 1. The number of ether oxygens (including phenoxy) is 1. The van der Waals surface area contributed by atoms with E-state index < -0.39 is 36.7 Å². The maximum absolute atomic E-state index is 14.8. The summed E-state index contributed by atoms with van der Waals surface area (Å²) in [6, 6.07) is 23.8. The zero-order valence-electron chi connectivity index (χ0n) is 18.5. The number of benzene rings is 3. The number of rotatable bonds is 8. The predicted octanol–water partition coefficient (Wildman–Crippen LogP) is 2.59. The van der Waals surface area contributed by atoms with Gasteiger partial charge in [-0.05, 0) is 18.6 Å². The Kier molecular flexibility index (Phi) is 6.77. The molecule has 0 saturated carbocycles. The molecular weight excluding hydrogens is 453 g/mol. The molecule has 3 aromatic carbocycles. The number of carbonyl (C=O) groups is 3. The van der Waals surface area contributed by atoms with E-state index in [2.05, 4.69) is 0 Å². The Hall–Kier alpha value is -3.54. The van der Waals surface area contributed by atoms with Crippen LogP contribution in [0, 0.1) is 0 Å². The van der Waals surface area contributed by atoms with Crippen LogP contribution in [0.3, 0.4) is 0 Å². The van der Waals surface area contributed by atoms with Crippen molar-refractivity contribution in [3.8, 4) is 0 Å². The Morgan fingerprint density at radius 2 is 1.29 bits per heavy atom. The van der Waals surface area contributed by atoms with Gasteiger partial charge in [0, 0.05) is 17.2 Å². The number of esters is 1. The summed E-state index contributed by atoms with van der Waals surface area (Å²) in [7, 11) is -2.49. The molecule has 0 bridgehead atoms. The number of fused-ring (bicyclic) bond motifs is 1. The standard InChI is InChI=1S/C26H24NO6P/c1-33-26(31)23(28)22(16-17-27-24(29)20-14-8-9-15-21(20)25(27)30)34(32,18-10-4-2-5-11-18)19-12-6-3-7-13-19/h2-15,22-23,28H,16-17H2,1H3/t22-,23-/m1/s1. The first-order valence-corrected chi connectivity index (χ1v) is 12.6. The van der Waals surface area contributed by atoms with Crippen LogP contribution in [0.4, 0.5) is 0 Å². The zero-order chi connectivity index (χ0) is 24.3. The summed E-state index contributed by atoms with van der Waals surface area (Å²) < 4.78 is 19.6. The second-order valence-electron chi connectivity index (χ2n) is 7.96. The number of hydrogen-bond acceptors (Lipinski definition) is 6. The van der Waals surface area contributed by atoms with Gasteiger partial charge in [0.05, 0.1) is 23.9 Å². The molecule has 0 aromatic heterocycles. The number of nitrogens with zero attached hydrogens (tertiary/aromatic N) is 1. The highest BCUT2D eigenvalue weighted by Crippen LogP contribution is 2.51. The van der Waals surface area contributed by atoms with E-state index >= 15 is 0 Å². The smallest absolute Gasteiger partial charge is 0.335 e. The summed E-state index contributed by atoms with van der Waals surface area (Å²) >= 11 is 0. The normalized spacial score (nSPS) is 15.1. The van der Waals surface area contributed by atoms with E-state index in [0.29, 0.717) is 21.7 Å². The molecular formula is C26H24NO6P. The van der Waals surface area contributed by atoms with E-state index in [0.717, 1.165) is 12.0 Å². The predicted molar refractivity (Wildman–Crippen MR) is 128 cm³/mol. The Labute approximate surface area is 197 Å². The van der Waals surface area contributed by atoms with Gasteiger partial charge < -0.3 is 14.4 Å². The lowest BCUT2D eigenvalue weighted by atomic mass is 10.1. The Balaban J connectivity index is 1.75. The average molecular weight is 477 g/mol. The summed E-state index contributed by atoms with van der Waals surface area (Å²) in [4.78, 5) is 39.2. The molecule has 7 nitrogen and oxygen atoms in total. The Morgan fingerprint density at radius 3 is 1.74 bits per heavy atom. The van der Waals surface area contributed by atoms with E-state index in [1.165, 1.54) is 0 Å². The minimum atomic E-state index is -3.63. The molecule has 174 valence electrons. The summed E-state index contributed by atoms with van der Waals surface area (Å²) in [5.41, 5.74) is -0.534. The van der Waals surface area contributed by atoms with Gasteiger partial charge in [-0.1, -0.05) is 72.8 Å². The molecule has 1 heterocycles. The molecule has 0 saturated heterocycles. The van der Waals surface area contributed by atoms with Gasteiger partial charge in [0.15, 0.2) is 6.10 Å². The molecule has 0 fully saturated rings. The maximum Gasteiger partial charge on any atom is 0.335 e. The van der Waals surface area contributed by atoms with E-state index in [9.17, 15) is 24.1 Å². The minimum absolute atomic E-state index is 0.0667. The first-order chi connectivity index (χ1) is 16.4. The van der Waals surface area contributed by atoms with Gasteiger partial charge in [-0.3, -0.25) is 14.5 Å². The lowest BCUT2D eigenvalue weighted by Crippen LogP contribution is -2.43. The number of hydrogen-bond donors (Lipinski definition) is 1. The fourth-order valence-corrected chi connectivity index (χ4v) is 7.64. The molecule has 2 atom stereocenters. The van der Waals surface area contributed by atoms with Gasteiger partial charge >= 0.3 is 5.97 Å². The minimum Gasteiger partial charge on any atom is -0.467 e. The van der Waals surface area contributed by atoms with Gasteiger partial charge in [-0.15, -0.1) is 0 Å².